The molecule has 0 aliphatic carbocycles. The average Bonchev–Trinajstić information content (AvgIpc) is 2.85. The van der Waals surface area contributed by atoms with Gasteiger partial charge in [0.05, 0.1) is 12.6 Å². The first-order chi connectivity index (χ1) is 9.74. The fourth-order valence-corrected chi connectivity index (χ4v) is 2.97. The number of aromatic amines is 1. The number of H-pyrrole nitrogens is 1. The fourth-order valence-electron chi connectivity index (χ4n) is 2.97. The number of rotatable bonds is 3. The summed E-state index contributed by atoms with van der Waals surface area (Å²) >= 11 is 0. The van der Waals surface area contributed by atoms with Crippen LogP contribution in [0.15, 0.2) is 18.2 Å². The molecular weight excluding hydrogens is 252 g/mol. The third-order valence-corrected chi connectivity index (χ3v) is 4.01. The average molecular weight is 272 g/mol. The summed E-state index contributed by atoms with van der Waals surface area (Å²) in [6.45, 7) is 3.56. The van der Waals surface area contributed by atoms with Crippen LogP contribution >= 0.6 is 0 Å². The van der Waals surface area contributed by atoms with Gasteiger partial charge in [-0.3, -0.25) is 4.79 Å². The van der Waals surface area contributed by atoms with E-state index in [1.54, 1.807) is 7.11 Å². The van der Waals surface area contributed by atoms with Crippen LogP contribution in [0.25, 0.3) is 10.9 Å². The zero-order valence-corrected chi connectivity index (χ0v) is 12.0. The molecule has 0 spiro atoms. The van der Waals surface area contributed by atoms with E-state index in [1.165, 1.54) is 16.6 Å². The van der Waals surface area contributed by atoms with Crippen LogP contribution in [0.4, 0.5) is 0 Å². The third kappa shape index (κ3) is 2.05. The molecule has 0 fully saturated rings. The van der Waals surface area contributed by atoms with Crippen LogP contribution in [0.2, 0.25) is 0 Å². The first kappa shape index (κ1) is 13.0. The number of hydrogen-bond donors (Lipinski definition) is 1. The minimum Gasteiger partial charge on any atom is -0.495 e. The predicted octanol–water partition coefficient (Wildman–Crippen LogP) is 2.86. The Hall–Kier alpha value is -1.97. The Labute approximate surface area is 118 Å². The Bertz CT molecular complexity index is 645. The van der Waals surface area contributed by atoms with E-state index in [4.69, 9.17) is 4.74 Å². The van der Waals surface area contributed by atoms with Crippen molar-refractivity contribution in [3.05, 3.63) is 29.5 Å². The standard InChI is InChI=1S/C16H20N2O2/c1-3-5-15(19)18-9-8-13-12(10-18)11-6-4-7-14(20-2)16(11)17-13/h4,6-7,17H,3,5,8-10H2,1-2H3. The summed E-state index contributed by atoms with van der Waals surface area (Å²) < 4.78 is 5.41. The topological polar surface area (TPSA) is 45.3 Å². The Morgan fingerprint density at radius 2 is 2.30 bits per heavy atom. The first-order valence-electron chi connectivity index (χ1n) is 7.18. The Kier molecular flexibility index (Phi) is 3.38. The molecular formula is C16H20N2O2. The number of nitrogens with zero attached hydrogens (tertiary/aromatic N) is 1. The van der Waals surface area contributed by atoms with Crippen molar-refractivity contribution in [2.24, 2.45) is 0 Å². The summed E-state index contributed by atoms with van der Waals surface area (Å²) in [7, 11) is 1.69. The molecule has 4 nitrogen and oxygen atoms in total. The summed E-state index contributed by atoms with van der Waals surface area (Å²) in [6.07, 6.45) is 2.44. The molecule has 0 saturated heterocycles. The van der Waals surface area contributed by atoms with Crippen LogP contribution in [0.3, 0.4) is 0 Å². The second-order valence-corrected chi connectivity index (χ2v) is 5.28. The number of para-hydroxylation sites is 1. The third-order valence-electron chi connectivity index (χ3n) is 4.01. The lowest BCUT2D eigenvalue weighted by molar-refractivity contribution is -0.132. The molecule has 1 aromatic heterocycles. The molecule has 0 radical (unpaired) electrons. The highest BCUT2D eigenvalue weighted by Gasteiger charge is 2.24. The number of fused-ring (bicyclic) bond motifs is 3. The minimum atomic E-state index is 0.260. The van der Waals surface area contributed by atoms with Gasteiger partial charge < -0.3 is 14.6 Å². The lowest BCUT2D eigenvalue weighted by Crippen LogP contribution is -2.35. The summed E-state index contributed by atoms with van der Waals surface area (Å²) in [5.74, 6) is 1.12. The molecule has 1 N–H and O–H groups in total. The largest absolute Gasteiger partial charge is 0.495 e. The maximum atomic E-state index is 12.1. The lowest BCUT2D eigenvalue weighted by atomic mass is 10.0. The number of nitrogens with one attached hydrogen (secondary N) is 1. The maximum absolute atomic E-state index is 12.1. The number of benzene rings is 1. The van der Waals surface area contributed by atoms with Crippen molar-refractivity contribution in [3.8, 4) is 5.75 Å². The summed E-state index contributed by atoms with van der Waals surface area (Å²) in [5.41, 5.74) is 3.53. The molecule has 0 saturated carbocycles. The molecule has 3 rings (SSSR count). The molecule has 0 unspecified atom stereocenters. The van der Waals surface area contributed by atoms with Crippen molar-refractivity contribution in [3.63, 3.8) is 0 Å². The summed E-state index contributed by atoms with van der Waals surface area (Å²) in [4.78, 5) is 17.5. The van der Waals surface area contributed by atoms with Gasteiger partial charge in [0.1, 0.15) is 5.75 Å². The van der Waals surface area contributed by atoms with E-state index < -0.39 is 0 Å². The van der Waals surface area contributed by atoms with Gasteiger partial charge in [-0.15, -0.1) is 0 Å². The van der Waals surface area contributed by atoms with Gasteiger partial charge in [-0.25, -0.2) is 0 Å². The molecule has 2 heterocycles. The maximum Gasteiger partial charge on any atom is 0.222 e. The van der Waals surface area contributed by atoms with Gasteiger partial charge in [0.2, 0.25) is 5.91 Å². The molecule has 2 aromatic rings. The molecule has 0 atom stereocenters. The Morgan fingerprint density at radius 1 is 1.45 bits per heavy atom. The van der Waals surface area contributed by atoms with E-state index in [0.29, 0.717) is 13.0 Å². The van der Waals surface area contributed by atoms with Crippen molar-refractivity contribution in [2.45, 2.75) is 32.7 Å². The van der Waals surface area contributed by atoms with E-state index in [9.17, 15) is 4.79 Å². The van der Waals surface area contributed by atoms with E-state index in [1.807, 2.05) is 24.0 Å². The summed E-state index contributed by atoms with van der Waals surface area (Å²) in [6, 6.07) is 6.06. The van der Waals surface area contributed by atoms with E-state index in [0.717, 1.165) is 30.7 Å². The van der Waals surface area contributed by atoms with Gasteiger partial charge in [-0.1, -0.05) is 19.1 Å². The van der Waals surface area contributed by atoms with Crippen molar-refractivity contribution < 1.29 is 9.53 Å². The van der Waals surface area contributed by atoms with Crippen molar-refractivity contribution in [1.29, 1.82) is 0 Å². The van der Waals surface area contributed by atoms with E-state index in [2.05, 4.69) is 11.1 Å². The number of ether oxygens (including phenoxy) is 1. The number of hydrogen-bond acceptors (Lipinski definition) is 2. The van der Waals surface area contributed by atoms with Crippen LogP contribution in [-0.2, 0) is 17.8 Å². The molecule has 1 aliphatic rings. The van der Waals surface area contributed by atoms with Gasteiger partial charge in [-0.05, 0) is 12.5 Å². The van der Waals surface area contributed by atoms with E-state index in [-0.39, 0.29) is 5.91 Å². The number of aromatic nitrogens is 1. The lowest BCUT2D eigenvalue weighted by Gasteiger charge is -2.27. The molecule has 106 valence electrons. The first-order valence-corrected chi connectivity index (χ1v) is 7.18. The molecule has 1 amide bonds. The van der Waals surface area contributed by atoms with Crippen molar-refractivity contribution >= 4 is 16.8 Å². The SMILES string of the molecule is CCCC(=O)N1CCc2[nH]c3c(OC)cccc3c2C1. The van der Waals surface area contributed by atoms with Gasteiger partial charge >= 0.3 is 0 Å². The number of carbonyl (C=O) groups is 1. The van der Waals surface area contributed by atoms with Crippen LogP contribution in [-0.4, -0.2) is 29.4 Å². The van der Waals surface area contributed by atoms with Crippen LogP contribution in [0.1, 0.15) is 31.0 Å². The van der Waals surface area contributed by atoms with Crippen molar-refractivity contribution in [1.82, 2.24) is 9.88 Å². The Morgan fingerprint density at radius 3 is 3.05 bits per heavy atom. The minimum absolute atomic E-state index is 0.260. The van der Waals surface area contributed by atoms with Gasteiger partial charge in [0.25, 0.3) is 0 Å². The predicted molar refractivity (Wildman–Crippen MR) is 78.9 cm³/mol. The molecule has 1 aliphatic heterocycles. The smallest absolute Gasteiger partial charge is 0.222 e. The van der Waals surface area contributed by atoms with Gasteiger partial charge in [-0.2, -0.15) is 0 Å². The highest BCUT2D eigenvalue weighted by Crippen LogP contribution is 2.32. The number of carbonyl (C=O) groups excluding carboxylic acids is 1. The van der Waals surface area contributed by atoms with Crippen LogP contribution in [0, 0.1) is 0 Å². The molecule has 0 bridgehead atoms. The second-order valence-electron chi connectivity index (χ2n) is 5.28. The molecule has 20 heavy (non-hydrogen) atoms. The number of amides is 1. The zero-order chi connectivity index (χ0) is 14.1. The van der Waals surface area contributed by atoms with Crippen molar-refractivity contribution in [2.75, 3.05) is 13.7 Å². The van der Waals surface area contributed by atoms with E-state index >= 15 is 0 Å². The molecule has 1 aromatic carbocycles. The summed E-state index contributed by atoms with van der Waals surface area (Å²) in [5, 5.41) is 1.17. The normalized spacial score (nSPS) is 14.4. The van der Waals surface area contributed by atoms with Gasteiger partial charge in [0.15, 0.2) is 0 Å². The fraction of sp³-hybridized carbons (Fsp3) is 0.438. The highest BCUT2D eigenvalue weighted by atomic mass is 16.5. The second kappa shape index (κ2) is 5.19. The van der Waals surface area contributed by atoms with Crippen LogP contribution in [0.5, 0.6) is 5.75 Å². The molecule has 4 heteroatoms. The highest BCUT2D eigenvalue weighted by molar-refractivity contribution is 5.90. The quantitative estimate of drug-likeness (QED) is 0.933. The van der Waals surface area contributed by atoms with Gasteiger partial charge in [0, 0.05) is 42.6 Å². The monoisotopic (exact) mass is 272 g/mol. The van der Waals surface area contributed by atoms with Crippen LogP contribution < -0.4 is 4.74 Å². The zero-order valence-electron chi connectivity index (χ0n) is 12.0. The number of methoxy groups -OCH3 is 1. The Balaban J connectivity index is 1.98.